The zero-order valence-electron chi connectivity index (χ0n) is 8.88. The number of hydrogen-bond acceptors (Lipinski definition) is 3. The lowest BCUT2D eigenvalue weighted by Gasteiger charge is -2.21. The van der Waals surface area contributed by atoms with Crippen molar-refractivity contribution < 1.29 is 14.6 Å². The molecule has 0 aromatic heterocycles. The van der Waals surface area contributed by atoms with E-state index in [4.69, 9.17) is 4.74 Å². The Morgan fingerprint density at radius 2 is 2.14 bits per heavy atom. The van der Waals surface area contributed by atoms with E-state index >= 15 is 0 Å². The number of aliphatic hydroxyl groups is 1. The van der Waals surface area contributed by atoms with Crippen LogP contribution in [0.4, 0.5) is 0 Å². The fraction of sp³-hybridized carbons (Fsp3) is 0.727. The van der Waals surface area contributed by atoms with Gasteiger partial charge in [0.25, 0.3) is 0 Å². The molecule has 1 atom stereocenters. The third-order valence-corrected chi connectivity index (χ3v) is 2.64. The van der Waals surface area contributed by atoms with Gasteiger partial charge in [-0.05, 0) is 45.1 Å². The summed E-state index contributed by atoms with van der Waals surface area (Å²) in [6.45, 7) is 4.05. The van der Waals surface area contributed by atoms with Gasteiger partial charge >= 0.3 is 5.97 Å². The summed E-state index contributed by atoms with van der Waals surface area (Å²) in [6, 6.07) is 0. The third kappa shape index (κ3) is 2.58. The van der Waals surface area contributed by atoms with Gasteiger partial charge in [-0.15, -0.1) is 0 Å². The van der Waals surface area contributed by atoms with E-state index in [2.05, 4.69) is 0 Å². The highest BCUT2D eigenvalue weighted by Crippen LogP contribution is 2.26. The minimum absolute atomic E-state index is 0.322. The van der Waals surface area contributed by atoms with Gasteiger partial charge in [-0.2, -0.15) is 0 Å². The summed E-state index contributed by atoms with van der Waals surface area (Å²) in [4.78, 5) is 11.3. The van der Waals surface area contributed by atoms with Gasteiger partial charge in [-0.3, -0.25) is 0 Å². The van der Waals surface area contributed by atoms with E-state index in [-0.39, 0.29) is 0 Å². The van der Waals surface area contributed by atoms with E-state index in [0.29, 0.717) is 6.61 Å². The summed E-state index contributed by atoms with van der Waals surface area (Å²) in [5.74, 6) is -0.510. The van der Waals surface area contributed by atoms with Gasteiger partial charge in [0.2, 0.25) is 0 Å². The van der Waals surface area contributed by atoms with Crippen LogP contribution < -0.4 is 0 Å². The molecule has 0 fully saturated rings. The molecule has 0 amide bonds. The van der Waals surface area contributed by atoms with Crippen LogP contribution in [-0.2, 0) is 9.53 Å². The molecule has 0 heterocycles. The lowest BCUT2D eigenvalue weighted by atomic mass is 9.89. The van der Waals surface area contributed by atoms with E-state index in [1.54, 1.807) is 6.92 Å². The van der Waals surface area contributed by atoms with Crippen LogP contribution in [0.2, 0.25) is 0 Å². The largest absolute Gasteiger partial charge is 0.464 e. The molecule has 1 unspecified atom stereocenters. The molecule has 3 nitrogen and oxygen atoms in total. The fourth-order valence-corrected chi connectivity index (χ4v) is 1.81. The molecule has 1 aliphatic carbocycles. The smallest absolute Gasteiger partial charge is 0.339 e. The maximum Gasteiger partial charge on any atom is 0.339 e. The van der Waals surface area contributed by atoms with Crippen LogP contribution in [0.1, 0.15) is 39.5 Å². The maximum atomic E-state index is 11.3. The summed E-state index contributed by atoms with van der Waals surface area (Å²) >= 11 is 0. The Morgan fingerprint density at radius 1 is 1.50 bits per heavy atom. The molecular weight excluding hydrogens is 180 g/mol. The molecule has 1 aliphatic rings. The Labute approximate surface area is 84.8 Å². The first-order valence-corrected chi connectivity index (χ1v) is 5.20. The van der Waals surface area contributed by atoms with Crippen LogP contribution in [0.5, 0.6) is 0 Å². The number of ether oxygens (including phenoxy) is 1. The van der Waals surface area contributed by atoms with Gasteiger partial charge in [0.1, 0.15) is 0 Å². The zero-order valence-corrected chi connectivity index (χ0v) is 8.88. The molecule has 0 saturated carbocycles. The molecule has 3 heteroatoms. The van der Waals surface area contributed by atoms with Crippen molar-refractivity contribution in [3.05, 3.63) is 11.1 Å². The average molecular weight is 198 g/mol. The van der Waals surface area contributed by atoms with Crippen molar-refractivity contribution in [1.29, 1.82) is 0 Å². The average Bonchev–Trinajstić information content (AvgIpc) is 2.18. The second-order valence-electron chi connectivity index (χ2n) is 3.67. The second kappa shape index (κ2) is 5.15. The van der Waals surface area contributed by atoms with Gasteiger partial charge in [0.05, 0.1) is 6.61 Å². The van der Waals surface area contributed by atoms with Crippen LogP contribution >= 0.6 is 0 Å². The molecule has 0 saturated heterocycles. The number of hydrogen-bond donors (Lipinski definition) is 1. The van der Waals surface area contributed by atoms with Crippen LogP contribution in [0.3, 0.4) is 0 Å². The first-order valence-electron chi connectivity index (χ1n) is 5.20. The number of carbonyl (C=O) groups excluding carboxylic acids is 1. The Kier molecular flexibility index (Phi) is 4.14. The summed E-state index contributed by atoms with van der Waals surface area (Å²) < 4.78 is 4.78. The van der Waals surface area contributed by atoms with E-state index < -0.39 is 12.1 Å². The van der Waals surface area contributed by atoms with Crippen LogP contribution in [0, 0.1) is 0 Å². The molecule has 0 aromatic carbocycles. The quantitative estimate of drug-likeness (QED) is 0.555. The molecule has 0 aromatic rings. The number of rotatable bonds is 3. The normalized spacial score (nSPS) is 19.4. The molecule has 1 rings (SSSR count). The minimum atomic E-state index is -1.03. The zero-order chi connectivity index (χ0) is 10.6. The van der Waals surface area contributed by atoms with Gasteiger partial charge in [-0.1, -0.05) is 5.57 Å². The second-order valence-corrected chi connectivity index (χ2v) is 3.67. The molecule has 1 N–H and O–H groups in total. The first-order chi connectivity index (χ1) is 6.66. The maximum absolute atomic E-state index is 11.3. The SMILES string of the molecule is CCOC(=O)C(O)C1=C(C)CCCC1. The Hall–Kier alpha value is -0.830. The highest BCUT2D eigenvalue weighted by molar-refractivity contribution is 5.78. The Balaban J connectivity index is 2.67. The van der Waals surface area contributed by atoms with Crippen LogP contribution in [-0.4, -0.2) is 23.8 Å². The first kappa shape index (κ1) is 11.2. The van der Waals surface area contributed by atoms with Gasteiger partial charge < -0.3 is 9.84 Å². The van der Waals surface area contributed by atoms with Gasteiger partial charge in [0.15, 0.2) is 6.10 Å². The lowest BCUT2D eigenvalue weighted by molar-refractivity contribution is -0.151. The number of carbonyl (C=O) groups is 1. The van der Waals surface area contributed by atoms with Crippen LogP contribution in [0.15, 0.2) is 11.1 Å². The summed E-state index contributed by atoms with van der Waals surface area (Å²) in [5, 5.41) is 9.71. The van der Waals surface area contributed by atoms with Crippen molar-refractivity contribution in [2.45, 2.75) is 45.6 Å². The molecule has 0 aliphatic heterocycles. The Bertz CT molecular complexity index is 243. The van der Waals surface area contributed by atoms with Crippen molar-refractivity contribution in [2.24, 2.45) is 0 Å². The van der Waals surface area contributed by atoms with Crippen molar-refractivity contribution >= 4 is 5.97 Å². The van der Waals surface area contributed by atoms with Crippen molar-refractivity contribution in [2.75, 3.05) is 6.61 Å². The molecule has 0 spiro atoms. The molecule has 14 heavy (non-hydrogen) atoms. The predicted octanol–water partition coefficient (Wildman–Crippen LogP) is 1.80. The number of esters is 1. The van der Waals surface area contributed by atoms with Crippen molar-refractivity contribution in [3.8, 4) is 0 Å². The number of allylic oxidation sites excluding steroid dienone is 1. The van der Waals surface area contributed by atoms with E-state index in [9.17, 15) is 9.90 Å². The summed E-state index contributed by atoms with van der Waals surface area (Å²) in [7, 11) is 0. The lowest BCUT2D eigenvalue weighted by Crippen LogP contribution is -2.27. The molecule has 80 valence electrons. The van der Waals surface area contributed by atoms with E-state index in [1.807, 2.05) is 6.92 Å². The monoisotopic (exact) mass is 198 g/mol. The third-order valence-electron chi connectivity index (χ3n) is 2.64. The van der Waals surface area contributed by atoms with Crippen molar-refractivity contribution in [3.63, 3.8) is 0 Å². The molecule has 0 radical (unpaired) electrons. The standard InChI is InChI=1S/C11H18O3/c1-3-14-11(13)10(12)9-7-5-4-6-8(9)2/h10,12H,3-7H2,1-2H3. The van der Waals surface area contributed by atoms with Gasteiger partial charge in [0, 0.05) is 0 Å². The van der Waals surface area contributed by atoms with E-state index in [1.165, 1.54) is 0 Å². The summed E-state index contributed by atoms with van der Waals surface area (Å²) in [5.41, 5.74) is 2.02. The fourth-order valence-electron chi connectivity index (χ4n) is 1.81. The Morgan fingerprint density at radius 3 is 2.71 bits per heavy atom. The number of aliphatic hydroxyl groups excluding tert-OH is 1. The van der Waals surface area contributed by atoms with Crippen molar-refractivity contribution in [1.82, 2.24) is 0 Å². The van der Waals surface area contributed by atoms with E-state index in [0.717, 1.165) is 36.8 Å². The molecular formula is C11H18O3. The highest BCUT2D eigenvalue weighted by atomic mass is 16.5. The topological polar surface area (TPSA) is 46.5 Å². The minimum Gasteiger partial charge on any atom is -0.464 e. The highest BCUT2D eigenvalue weighted by Gasteiger charge is 2.24. The summed E-state index contributed by atoms with van der Waals surface area (Å²) in [6.07, 6.45) is 3.00. The molecule has 0 bridgehead atoms. The van der Waals surface area contributed by atoms with Gasteiger partial charge in [-0.25, -0.2) is 4.79 Å². The predicted molar refractivity (Wildman–Crippen MR) is 53.8 cm³/mol. The van der Waals surface area contributed by atoms with Crippen LogP contribution in [0.25, 0.3) is 0 Å².